The maximum atomic E-state index is 13.3. The summed E-state index contributed by atoms with van der Waals surface area (Å²) in [5, 5.41) is 0.873. The maximum absolute atomic E-state index is 13.3. The number of H-pyrrole nitrogens is 1. The van der Waals surface area contributed by atoms with E-state index in [1.165, 1.54) is 6.07 Å². The summed E-state index contributed by atoms with van der Waals surface area (Å²) in [5.74, 6) is 0.416. The van der Waals surface area contributed by atoms with Crippen LogP contribution in [0.4, 0.5) is 18.9 Å². The van der Waals surface area contributed by atoms with Crippen LogP contribution in [-0.2, 0) is 6.42 Å². The molecule has 7 nitrogen and oxygen atoms in total. The molecule has 1 aliphatic heterocycles. The van der Waals surface area contributed by atoms with Crippen LogP contribution in [0.2, 0.25) is 0 Å². The number of alkyl halides is 3. The molecule has 210 valence electrons. The average Bonchev–Trinajstić information content (AvgIpc) is 3.39. The monoisotopic (exact) mass is 587 g/mol. The fraction of sp³-hybridized carbons (Fsp3) is 0.286. The van der Waals surface area contributed by atoms with Gasteiger partial charge in [0.2, 0.25) is 0 Å². The molecular formula is C28H28F3N5O2S2. The van der Waals surface area contributed by atoms with Gasteiger partial charge < -0.3 is 19.5 Å². The lowest BCUT2D eigenvalue weighted by molar-refractivity contribution is -0.0328. The number of likely N-dealkylation sites (N-methyl/N-ethyl adjacent to an activating group) is 1. The first-order valence-electron chi connectivity index (χ1n) is 12.7. The fourth-order valence-electron chi connectivity index (χ4n) is 4.42. The van der Waals surface area contributed by atoms with Crippen molar-refractivity contribution in [3.05, 3.63) is 72.1 Å². The van der Waals surface area contributed by atoms with Gasteiger partial charge >= 0.3 is 5.51 Å². The lowest BCUT2D eigenvalue weighted by Crippen LogP contribution is -2.44. The van der Waals surface area contributed by atoms with E-state index in [1.54, 1.807) is 37.5 Å². The summed E-state index contributed by atoms with van der Waals surface area (Å²) >= 11 is 0.820. The number of benzene rings is 2. The number of aromatic nitrogens is 2. The standard InChI is InChI=1S/C28H28F3N5O2S2/c1-3-18-4-6-22(16-25(18)39-28(29,30)31)40-34-27(37)23-7-5-20(36-12-10-35(2)11-13-36)15-24(23)38-21-14-19-8-9-32-26(19)33-17-21/h4-9,14-17H,3,10-13H2,1-2H3,(H,32,33)(H,34,37). The first-order valence-corrected chi connectivity index (χ1v) is 14.4. The van der Waals surface area contributed by atoms with Gasteiger partial charge in [-0.25, -0.2) is 4.98 Å². The van der Waals surface area contributed by atoms with Gasteiger partial charge in [-0.1, -0.05) is 13.0 Å². The number of ether oxygens (including phenoxy) is 1. The minimum Gasteiger partial charge on any atom is -0.455 e. The van der Waals surface area contributed by atoms with E-state index >= 15 is 0 Å². The van der Waals surface area contributed by atoms with Gasteiger partial charge in [0.15, 0.2) is 0 Å². The van der Waals surface area contributed by atoms with Gasteiger partial charge in [-0.15, -0.1) is 0 Å². The van der Waals surface area contributed by atoms with Crippen LogP contribution in [0.3, 0.4) is 0 Å². The number of amides is 1. The van der Waals surface area contributed by atoms with Crippen LogP contribution < -0.4 is 14.4 Å². The van der Waals surface area contributed by atoms with Crippen molar-refractivity contribution in [2.75, 3.05) is 38.1 Å². The minimum absolute atomic E-state index is 0.127. The van der Waals surface area contributed by atoms with E-state index in [-0.39, 0.29) is 16.7 Å². The molecule has 0 saturated carbocycles. The van der Waals surface area contributed by atoms with Crippen LogP contribution in [0, 0.1) is 0 Å². The predicted octanol–water partition coefficient (Wildman–Crippen LogP) is 6.72. The highest BCUT2D eigenvalue weighted by Crippen LogP contribution is 2.40. The number of rotatable bonds is 8. The van der Waals surface area contributed by atoms with E-state index in [0.29, 0.717) is 33.9 Å². The van der Waals surface area contributed by atoms with Gasteiger partial charge in [0.25, 0.3) is 5.91 Å². The van der Waals surface area contributed by atoms with Gasteiger partial charge in [-0.3, -0.25) is 9.52 Å². The third-order valence-electron chi connectivity index (χ3n) is 6.59. The Bertz CT molecular complexity index is 1500. The summed E-state index contributed by atoms with van der Waals surface area (Å²) < 4.78 is 48.2. The number of carbonyl (C=O) groups excluding carboxylic acids is 1. The molecule has 1 fully saturated rings. The van der Waals surface area contributed by atoms with Gasteiger partial charge in [0.1, 0.15) is 17.1 Å². The van der Waals surface area contributed by atoms with Crippen molar-refractivity contribution in [3.8, 4) is 11.5 Å². The maximum Gasteiger partial charge on any atom is 0.446 e. The Morgan fingerprint density at radius 2 is 1.90 bits per heavy atom. The third-order valence-corrected chi connectivity index (χ3v) is 8.20. The first kappa shape index (κ1) is 28.2. The molecule has 0 unspecified atom stereocenters. The number of carbonyl (C=O) groups is 1. The molecular weight excluding hydrogens is 559 g/mol. The number of hydrogen-bond donors (Lipinski definition) is 2. The molecule has 12 heteroatoms. The summed E-state index contributed by atoms with van der Waals surface area (Å²) in [6.45, 7) is 5.35. The molecule has 0 radical (unpaired) electrons. The van der Waals surface area contributed by atoms with E-state index in [9.17, 15) is 18.0 Å². The highest BCUT2D eigenvalue weighted by atomic mass is 32.2. The predicted molar refractivity (Wildman–Crippen MR) is 153 cm³/mol. The molecule has 2 aromatic heterocycles. The molecule has 1 aliphatic rings. The highest BCUT2D eigenvalue weighted by molar-refractivity contribution is 8.00. The Hall–Kier alpha value is -3.35. The molecule has 1 amide bonds. The van der Waals surface area contributed by atoms with Crippen molar-refractivity contribution in [1.82, 2.24) is 19.6 Å². The molecule has 3 heterocycles. The third kappa shape index (κ3) is 6.86. The topological polar surface area (TPSA) is 73.5 Å². The number of halogens is 3. The number of anilines is 1. The van der Waals surface area contributed by atoms with Crippen molar-refractivity contribution in [2.45, 2.75) is 28.6 Å². The SMILES string of the molecule is CCc1ccc(SNC(=O)c2ccc(N3CCN(C)CC3)cc2Oc2cnc3[nH]ccc3c2)cc1SC(F)(F)F. The largest absolute Gasteiger partial charge is 0.455 e. The summed E-state index contributed by atoms with van der Waals surface area (Å²) in [6.07, 6.45) is 3.85. The second-order valence-corrected chi connectivity index (χ2v) is 11.4. The zero-order chi connectivity index (χ0) is 28.3. The Morgan fingerprint density at radius 3 is 2.65 bits per heavy atom. The number of nitrogens with zero attached hydrogens (tertiary/aromatic N) is 3. The lowest BCUT2D eigenvalue weighted by atomic mass is 10.1. The van der Waals surface area contributed by atoms with Crippen LogP contribution >= 0.6 is 23.7 Å². The molecule has 2 N–H and O–H groups in total. The molecule has 1 saturated heterocycles. The van der Waals surface area contributed by atoms with Crippen molar-refractivity contribution in [1.29, 1.82) is 0 Å². The van der Waals surface area contributed by atoms with E-state index in [1.807, 2.05) is 24.3 Å². The number of nitrogens with one attached hydrogen (secondary N) is 2. The Morgan fingerprint density at radius 1 is 1.10 bits per heavy atom. The van der Waals surface area contributed by atoms with Gasteiger partial charge in [0, 0.05) is 59.3 Å². The van der Waals surface area contributed by atoms with Crippen molar-refractivity contribution < 1.29 is 22.7 Å². The highest BCUT2D eigenvalue weighted by Gasteiger charge is 2.30. The van der Waals surface area contributed by atoms with Crippen molar-refractivity contribution in [3.63, 3.8) is 0 Å². The van der Waals surface area contributed by atoms with Gasteiger partial charge in [0.05, 0.1) is 11.8 Å². The average molecular weight is 588 g/mol. The Balaban J connectivity index is 1.38. The summed E-state index contributed by atoms with van der Waals surface area (Å²) in [6, 6.07) is 14.0. The van der Waals surface area contributed by atoms with Gasteiger partial charge in [-0.05, 0) is 79.1 Å². The van der Waals surface area contributed by atoms with Crippen LogP contribution in [0.15, 0.2) is 70.7 Å². The van der Waals surface area contributed by atoms with E-state index in [2.05, 4.69) is 31.5 Å². The van der Waals surface area contributed by atoms with E-state index in [0.717, 1.165) is 54.8 Å². The zero-order valence-corrected chi connectivity index (χ0v) is 23.6. The number of fused-ring (bicyclic) bond motifs is 1. The van der Waals surface area contributed by atoms with Crippen LogP contribution in [0.5, 0.6) is 11.5 Å². The Labute approximate surface area is 238 Å². The number of hydrogen-bond acceptors (Lipinski definition) is 7. The van der Waals surface area contributed by atoms with E-state index < -0.39 is 11.4 Å². The summed E-state index contributed by atoms with van der Waals surface area (Å²) in [7, 11) is 2.09. The summed E-state index contributed by atoms with van der Waals surface area (Å²) in [4.78, 5) is 25.9. The molecule has 0 aliphatic carbocycles. The fourth-order valence-corrected chi connectivity index (χ4v) is 5.90. The number of aromatic amines is 1. The number of pyridine rings is 1. The molecule has 0 spiro atoms. The lowest BCUT2D eigenvalue weighted by Gasteiger charge is -2.34. The summed E-state index contributed by atoms with van der Waals surface area (Å²) in [5.41, 5.74) is -1.83. The second kappa shape index (κ2) is 12.0. The number of thioether (sulfide) groups is 1. The quantitative estimate of drug-likeness (QED) is 0.175. The van der Waals surface area contributed by atoms with Crippen LogP contribution in [0.1, 0.15) is 22.8 Å². The van der Waals surface area contributed by atoms with Crippen molar-refractivity contribution >= 4 is 46.3 Å². The molecule has 5 rings (SSSR count). The normalized spacial score (nSPS) is 14.5. The molecule has 4 aromatic rings. The van der Waals surface area contributed by atoms with Gasteiger partial charge in [-0.2, -0.15) is 13.2 Å². The molecule has 2 aromatic carbocycles. The minimum atomic E-state index is -4.40. The molecule has 0 atom stereocenters. The number of aryl methyl sites for hydroxylation is 1. The second-order valence-electron chi connectivity index (χ2n) is 9.36. The Kier molecular flexibility index (Phi) is 8.48. The van der Waals surface area contributed by atoms with E-state index in [4.69, 9.17) is 4.74 Å². The molecule has 0 bridgehead atoms. The first-order chi connectivity index (χ1) is 19.2. The molecule has 40 heavy (non-hydrogen) atoms. The smallest absolute Gasteiger partial charge is 0.446 e. The van der Waals surface area contributed by atoms with Crippen LogP contribution in [0.25, 0.3) is 11.0 Å². The number of piperazine rings is 1. The zero-order valence-electron chi connectivity index (χ0n) is 21.9. The van der Waals surface area contributed by atoms with Crippen molar-refractivity contribution in [2.24, 2.45) is 0 Å². The van der Waals surface area contributed by atoms with Crippen LogP contribution in [-0.4, -0.2) is 59.5 Å².